The first-order valence-corrected chi connectivity index (χ1v) is 6.62. The van der Waals surface area contributed by atoms with Crippen molar-refractivity contribution >= 4 is 17.3 Å². The number of nitrogens with zero attached hydrogens (tertiary/aromatic N) is 1. The van der Waals surface area contributed by atoms with Gasteiger partial charge >= 0.3 is 0 Å². The van der Waals surface area contributed by atoms with Gasteiger partial charge in [-0.05, 0) is 23.6 Å². The van der Waals surface area contributed by atoms with Gasteiger partial charge in [-0.2, -0.15) is 0 Å². The summed E-state index contributed by atoms with van der Waals surface area (Å²) in [4.78, 5) is 10.2. The van der Waals surface area contributed by atoms with Gasteiger partial charge in [0, 0.05) is 6.07 Å². The minimum atomic E-state index is -0.473. The van der Waals surface area contributed by atoms with E-state index in [4.69, 9.17) is 16.3 Å². The van der Waals surface area contributed by atoms with Crippen molar-refractivity contribution < 1.29 is 9.66 Å². The van der Waals surface area contributed by atoms with E-state index in [9.17, 15) is 10.1 Å². The number of hydrogen-bond acceptors (Lipinski definition) is 3. The Morgan fingerprint density at radius 3 is 2.40 bits per heavy atom. The van der Waals surface area contributed by atoms with Gasteiger partial charge in [-0.25, -0.2) is 0 Å². The predicted molar refractivity (Wildman–Crippen MR) is 78.3 cm³/mol. The van der Waals surface area contributed by atoms with Crippen LogP contribution in [0.25, 0.3) is 0 Å². The summed E-state index contributed by atoms with van der Waals surface area (Å²) in [5, 5.41) is 11.1. The van der Waals surface area contributed by atoms with E-state index < -0.39 is 4.92 Å². The van der Waals surface area contributed by atoms with Crippen molar-refractivity contribution in [2.75, 3.05) is 0 Å². The lowest BCUT2D eigenvalue weighted by atomic mass is 10.1. The second-order valence-corrected chi connectivity index (χ2v) is 4.74. The number of nitro groups is 1. The zero-order chi connectivity index (χ0) is 14.5. The average molecular weight is 292 g/mol. The topological polar surface area (TPSA) is 52.4 Å². The third-order valence-electron chi connectivity index (χ3n) is 2.95. The molecule has 0 aliphatic rings. The van der Waals surface area contributed by atoms with Gasteiger partial charge in [0.1, 0.15) is 12.4 Å². The number of hydrogen-bond donors (Lipinski definition) is 0. The van der Waals surface area contributed by atoms with Crippen molar-refractivity contribution in [2.24, 2.45) is 0 Å². The molecule has 0 aromatic heterocycles. The molecule has 2 aromatic rings. The molecule has 0 amide bonds. The molecule has 4 nitrogen and oxygen atoms in total. The molecule has 0 aliphatic heterocycles. The van der Waals surface area contributed by atoms with Gasteiger partial charge in [-0.15, -0.1) is 0 Å². The molecule has 0 radical (unpaired) electrons. The number of non-ortho nitro benzene ring substituents is 1. The first-order chi connectivity index (χ1) is 9.60. The molecule has 0 atom stereocenters. The Balaban J connectivity index is 2.09. The minimum Gasteiger partial charge on any atom is -0.487 e. The van der Waals surface area contributed by atoms with E-state index in [1.807, 2.05) is 24.3 Å². The van der Waals surface area contributed by atoms with Crippen LogP contribution in [-0.4, -0.2) is 4.92 Å². The fourth-order valence-corrected chi connectivity index (χ4v) is 1.92. The van der Waals surface area contributed by atoms with Crippen molar-refractivity contribution in [3.8, 4) is 5.75 Å². The second kappa shape index (κ2) is 6.39. The van der Waals surface area contributed by atoms with Crippen LogP contribution in [0.3, 0.4) is 0 Å². The molecule has 0 bridgehead atoms. The number of halogens is 1. The van der Waals surface area contributed by atoms with E-state index >= 15 is 0 Å². The van der Waals surface area contributed by atoms with Crippen LogP contribution in [0.15, 0.2) is 42.5 Å². The molecule has 2 rings (SSSR count). The number of aryl methyl sites for hydroxylation is 1. The monoisotopic (exact) mass is 291 g/mol. The molecule has 2 aromatic carbocycles. The summed E-state index contributed by atoms with van der Waals surface area (Å²) in [7, 11) is 0. The van der Waals surface area contributed by atoms with Crippen molar-refractivity contribution in [1.29, 1.82) is 0 Å². The van der Waals surface area contributed by atoms with Gasteiger partial charge in [-0.1, -0.05) is 42.8 Å². The normalized spacial score (nSPS) is 10.3. The van der Waals surface area contributed by atoms with Crippen LogP contribution in [0.5, 0.6) is 5.75 Å². The summed E-state index contributed by atoms with van der Waals surface area (Å²) in [6.45, 7) is 2.42. The summed E-state index contributed by atoms with van der Waals surface area (Å²) < 4.78 is 5.55. The highest BCUT2D eigenvalue weighted by Gasteiger charge is 2.10. The lowest BCUT2D eigenvalue weighted by Gasteiger charge is -2.08. The van der Waals surface area contributed by atoms with Crippen LogP contribution in [0.2, 0.25) is 5.02 Å². The minimum absolute atomic E-state index is 0.0364. The molecule has 0 aliphatic carbocycles. The summed E-state index contributed by atoms with van der Waals surface area (Å²) >= 11 is 5.97. The van der Waals surface area contributed by atoms with E-state index in [0.717, 1.165) is 12.0 Å². The summed E-state index contributed by atoms with van der Waals surface area (Å²) in [6.07, 6.45) is 0.984. The SMILES string of the molecule is CCc1ccc(COc2cc([N+](=O)[O-])ccc2Cl)cc1. The van der Waals surface area contributed by atoms with E-state index in [-0.39, 0.29) is 5.69 Å². The Hall–Kier alpha value is -2.07. The maximum Gasteiger partial charge on any atom is 0.273 e. The van der Waals surface area contributed by atoms with Gasteiger partial charge < -0.3 is 4.74 Å². The standard InChI is InChI=1S/C15H14ClNO3/c1-2-11-3-5-12(6-4-11)10-20-15-9-13(17(18)19)7-8-14(15)16/h3-9H,2,10H2,1H3. The Kier molecular flexibility index (Phi) is 4.58. The highest BCUT2D eigenvalue weighted by atomic mass is 35.5. The van der Waals surface area contributed by atoms with Crippen molar-refractivity contribution in [3.63, 3.8) is 0 Å². The molecule has 0 spiro atoms. The van der Waals surface area contributed by atoms with Crippen LogP contribution in [-0.2, 0) is 13.0 Å². The third-order valence-corrected chi connectivity index (χ3v) is 3.26. The highest BCUT2D eigenvalue weighted by Crippen LogP contribution is 2.29. The number of nitro benzene ring substituents is 1. The Morgan fingerprint density at radius 2 is 1.80 bits per heavy atom. The van der Waals surface area contributed by atoms with Crippen LogP contribution >= 0.6 is 11.6 Å². The molecule has 0 fully saturated rings. The quantitative estimate of drug-likeness (QED) is 0.606. The molecule has 5 heteroatoms. The molecular weight excluding hydrogens is 278 g/mol. The van der Waals surface area contributed by atoms with E-state index in [1.165, 1.54) is 23.8 Å². The molecule has 104 valence electrons. The Labute approximate surface area is 122 Å². The van der Waals surface area contributed by atoms with Crippen LogP contribution < -0.4 is 4.74 Å². The molecule has 20 heavy (non-hydrogen) atoms. The zero-order valence-corrected chi connectivity index (χ0v) is 11.8. The lowest BCUT2D eigenvalue weighted by molar-refractivity contribution is -0.384. The van der Waals surface area contributed by atoms with E-state index in [1.54, 1.807) is 0 Å². The van der Waals surface area contributed by atoms with E-state index in [0.29, 0.717) is 17.4 Å². The van der Waals surface area contributed by atoms with Gasteiger partial charge in [-0.3, -0.25) is 10.1 Å². The molecule has 0 saturated carbocycles. The zero-order valence-electron chi connectivity index (χ0n) is 11.0. The molecular formula is C15H14ClNO3. The van der Waals surface area contributed by atoms with Gasteiger partial charge in [0.05, 0.1) is 16.0 Å². The van der Waals surface area contributed by atoms with Gasteiger partial charge in [0.25, 0.3) is 5.69 Å². The van der Waals surface area contributed by atoms with Crippen LogP contribution in [0.4, 0.5) is 5.69 Å². The highest BCUT2D eigenvalue weighted by molar-refractivity contribution is 6.32. The third kappa shape index (κ3) is 3.48. The second-order valence-electron chi connectivity index (χ2n) is 4.33. The predicted octanol–water partition coefficient (Wildman–Crippen LogP) is 4.39. The van der Waals surface area contributed by atoms with Crippen LogP contribution in [0, 0.1) is 10.1 Å². The first kappa shape index (κ1) is 14.3. The molecule has 0 unspecified atom stereocenters. The van der Waals surface area contributed by atoms with Crippen LogP contribution in [0.1, 0.15) is 18.1 Å². The number of rotatable bonds is 5. The fraction of sp³-hybridized carbons (Fsp3) is 0.200. The summed E-state index contributed by atoms with van der Waals surface area (Å²) in [5.41, 5.74) is 2.21. The lowest BCUT2D eigenvalue weighted by Crippen LogP contribution is -1.97. The maximum atomic E-state index is 10.7. The Bertz CT molecular complexity index is 611. The van der Waals surface area contributed by atoms with Gasteiger partial charge in [0.15, 0.2) is 0 Å². The van der Waals surface area contributed by atoms with Crippen molar-refractivity contribution in [1.82, 2.24) is 0 Å². The van der Waals surface area contributed by atoms with E-state index in [2.05, 4.69) is 6.92 Å². The number of benzene rings is 2. The number of ether oxygens (including phenoxy) is 1. The summed E-state index contributed by atoms with van der Waals surface area (Å²) in [5.74, 6) is 0.320. The Morgan fingerprint density at radius 1 is 1.15 bits per heavy atom. The first-order valence-electron chi connectivity index (χ1n) is 6.24. The largest absolute Gasteiger partial charge is 0.487 e. The van der Waals surface area contributed by atoms with Crippen molar-refractivity contribution in [3.05, 3.63) is 68.7 Å². The maximum absolute atomic E-state index is 10.7. The summed E-state index contributed by atoms with van der Waals surface area (Å²) in [6, 6.07) is 12.2. The molecule has 0 saturated heterocycles. The molecule has 0 heterocycles. The van der Waals surface area contributed by atoms with Crippen molar-refractivity contribution in [2.45, 2.75) is 20.0 Å². The molecule has 0 N–H and O–H groups in total. The fourth-order valence-electron chi connectivity index (χ4n) is 1.75. The smallest absolute Gasteiger partial charge is 0.273 e. The average Bonchev–Trinajstić information content (AvgIpc) is 2.46. The van der Waals surface area contributed by atoms with Gasteiger partial charge in [0.2, 0.25) is 0 Å².